The van der Waals surface area contributed by atoms with Crippen LogP contribution >= 0.6 is 12.4 Å². The predicted octanol–water partition coefficient (Wildman–Crippen LogP) is 4.52. The van der Waals surface area contributed by atoms with Crippen LogP contribution in [0.3, 0.4) is 0 Å². The molecular weight excluding hydrogens is 504 g/mol. The first kappa shape index (κ1) is 33.7. The van der Waals surface area contributed by atoms with Crippen molar-refractivity contribution >= 4 is 18.3 Å². The van der Waals surface area contributed by atoms with E-state index in [-0.39, 0.29) is 30.8 Å². The molecule has 0 radical (unpaired) electrons. The first-order chi connectivity index (χ1) is 17.6. The van der Waals surface area contributed by atoms with Crippen LogP contribution < -0.4 is 20.5 Å². The maximum atomic E-state index is 12.9. The van der Waals surface area contributed by atoms with E-state index in [1.54, 1.807) is 14.2 Å². The lowest BCUT2D eigenvalue weighted by Crippen LogP contribution is -2.48. The Morgan fingerprint density at radius 1 is 1.05 bits per heavy atom. The monoisotopic (exact) mass is 550 g/mol. The second-order valence-electron chi connectivity index (χ2n) is 10.6. The van der Waals surface area contributed by atoms with Crippen LogP contribution in [0.2, 0.25) is 0 Å². The van der Waals surface area contributed by atoms with Crippen molar-refractivity contribution in [3.63, 3.8) is 0 Å². The molecule has 8 heteroatoms. The van der Waals surface area contributed by atoms with Gasteiger partial charge in [-0.25, -0.2) is 0 Å². The van der Waals surface area contributed by atoms with Gasteiger partial charge in [0.25, 0.3) is 0 Å². The average molecular weight is 551 g/mol. The summed E-state index contributed by atoms with van der Waals surface area (Å²) in [5.74, 6) is 1.88. The molecule has 0 aliphatic heterocycles. The number of aliphatic hydroxyl groups excluding tert-OH is 1. The van der Waals surface area contributed by atoms with Gasteiger partial charge < -0.3 is 30.4 Å². The first-order valence-electron chi connectivity index (χ1n) is 13.2. The van der Waals surface area contributed by atoms with Gasteiger partial charge in [-0.1, -0.05) is 50.2 Å². The van der Waals surface area contributed by atoms with Crippen molar-refractivity contribution in [1.29, 1.82) is 0 Å². The van der Waals surface area contributed by atoms with Gasteiger partial charge in [-0.05, 0) is 61.8 Å². The molecule has 214 valence electrons. The van der Waals surface area contributed by atoms with E-state index in [1.165, 1.54) is 0 Å². The Balaban J connectivity index is 0.00000722. The molecule has 4 N–H and O–H groups in total. The average Bonchev–Trinajstić information content (AvgIpc) is 2.89. The van der Waals surface area contributed by atoms with Crippen molar-refractivity contribution in [2.24, 2.45) is 17.6 Å². The fourth-order valence-electron chi connectivity index (χ4n) is 4.30. The third-order valence-corrected chi connectivity index (χ3v) is 7.02. The summed E-state index contributed by atoms with van der Waals surface area (Å²) in [5.41, 5.74) is 7.77. The van der Waals surface area contributed by atoms with E-state index >= 15 is 0 Å². The molecule has 0 aromatic heterocycles. The summed E-state index contributed by atoms with van der Waals surface area (Å²) in [4.78, 5) is 12.9. The third kappa shape index (κ3) is 10.1. The minimum atomic E-state index is -0.840. The molecule has 0 fully saturated rings. The van der Waals surface area contributed by atoms with Crippen molar-refractivity contribution in [3.05, 3.63) is 59.7 Å². The SMILES string of the molecule is COCCCOc1cc(CC(CC(N)C(O)CNC(=O)C(C)(C)c2ccccc2)C(C)C)ccc1OC.Cl. The molecule has 7 nitrogen and oxygen atoms in total. The minimum Gasteiger partial charge on any atom is -0.493 e. The van der Waals surface area contributed by atoms with E-state index in [1.807, 2.05) is 62.4 Å². The molecule has 3 atom stereocenters. The summed E-state index contributed by atoms with van der Waals surface area (Å²) in [7, 11) is 3.31. The quantitative estimate of drug-likeness (QED) is 0.266. The number of hydrogen-bond donors (Lipinski definition) is 3. The highest BCUT2D eigenvalue weighted by atomic mass is 35.5. The summed E-state index contributed by atoms with van der Waals surface area (Å²) in [6.45, 7) is 9.39. The number of halogens is 1. The molecule has 0 saturated carbocycles. The number of amides is 1. The standard InChI is InChI=1S/C30H46N2O5.ClH/c1-21(2)23(17-22-13-14-27(36-6)28(18-22)37-16-10-15-35-5)19-25(31)26(33)20-32-29(34)30(3,4)24-11-8-7-9-12-24;/h7-9,11-14,18,21,23,25-26,33H,10,15-17,19-20,31H2,1-6H3,(H,32,34);1H. The molecule has 0 aliphatic carbocycles. The van der Waals surface area contributed by atoms with Crippen molar-refractivity contribution in [3.8, 4) is 11.5 Å². The summed E-state index contributed by atoms with van der Waals surface area (Å²) < 4.78 is 16.5. The van der Waals surface area contributed by atoms with Gasteiger partial charge in [0.05, 0.1) is 25.2 Å². The van der Waals surface area contributed by atoms with Crippen LogP contribution in [0.25, 0.3) is 0 Å². The Bertz CT molecular complexity index is 955. The number of carbonyl (C=O) groups excluding carboxylic acids is 1. The highest BCUT2D eigenvalue weighted by Gasteiger charge is 2.30. The number of aliphatic hydroxyl groups is 1. The fourth-order valence-corrected chi connectivity index (χ4v) is 4.30. The van der Waals surface area contributed by atoms with Gasteiger partial charge in [0.1, 0.15) is 0 Å². The number of carbonyl (C=O) groups is 1. The van der Waals surface area contributed by atoms with Crippen molar-refractivity contribution < 1.29 is 24.1 Å². The van der Waals surface area contributed by atoms with Crippen LogP contribution in [0.5, 0.6) is 11.5 Å². The Labute approximate surface area is 234 Å². The molecule has 38 heavy (non-hydrogen) atoms. The first-order valence-corrected chi connectivity index (χ1v) is 13.2. The van der Waals surface area contributed by atoms with Gasteiger partial charge in [-0.3, -0.25) is 4.79 Å². The summed E-state index contributed by atoms with van der Waals surface area (Å²) in [6, 6.07) is 15.2. The van der Waals surface area contributed by atoms with E-state index in [0.29, 0.717) is 37.1 Å². The molecule has 3 unspecified atom stereocenters. The van der Waals surface area contributed by atoms with Crippen molar-refractivity contribution in [1.82, 2.24) is 5.32 Å². The highest BCUT2D eigenvalue weighted by molar-refractivity contribution is 5.87. The molecule has 0 saturated heterocycles. The number of nitrogens with one attached hydrogen (secondary N) is 1. The number of benzene rings is 2. The van der Waals surface area contributed by atoms with Crippen LogP contribution in [-0.4, -0.2) is 57.1 Å². The van der Waals surface area contributed by atoms with E-state index in [4.69, 9.17) is 19.9 Å². The molecule has 0 heterocycles. The lowest BCUT2D eigenvalue weighted by molar-refractivity contribution is -0.126. The minimum absolute atomic E-state index is 0. The maximum Gasteiger partial charge on any atom is 0.230 e. The number of ether oxygens (including phenoxy) is 3. The van der Waals surface area contributed by atoms with Crippen LogP contribution in [0.15, 0.2) is 48.5 Å². The summed E-state index contributed by atoms with van der Waals surface area (Å²) in [5, 5.41) is 13.7. The molecule has 1 amide bonds. The molecule has 0 spiro atoms. The van der Waals surface area contributed by atoms with Crippen molar-refractivity contribution in [2.75, 3.05) is 34.0 Å². The van der Waals surface area contributed by atoms with Gasteiger partial charge in [0.2, 0.25) is 5.91 Å². The van der Waals surface area contributed by atoms with E-state index in [9.17, 15) is 9.90 Å². The predicted molar refractivity (Wildman–Crippen MR) is 155 cm³/mol. The molecule has 2 rings (SSSR count). The van der Waals surface area contributed by atoms with E-state index in [2.05, 4.69) is 19.2 Å². The van der Waals surface area contributed by atoms with Crippen LogP contribution in [-0.2, 0) is 21.4 Å². The third-order valence-electron chi connectivity index (χ3n) is 7.02. The van der Waals surface area contributed by atoms with Gasteiger partial charge in [-0.2, -0.15) is 0 Å². The summed E-state index contributed by atoms with van der Waals surface area (Å²) in [6.07, 6.45) is 1.38. The van der Waals surface area contributed by atoms with Crippen LogP contribution in [0.4, 0.5) is 0 Å². The highest BCUT2D eigenvalue weighted by Crippen LogP contribution is 2.31. The Morgan fingerprint density at radius 3 is 2.34 bits per heavy atom. The van der Waals surface area contributed by atoms with Gasteiger partial charge in [0, 0.05) is 32.7 Å². The van der Waals surface area contributed by atoms with Gasteiger partial charge in [-0.15, -0.1) is 12.4 Å². The second-order valence-corrected chi connectivity index (χ2v) is 10.6. The second kappa shape index (κ2) is 16.6. The molecule has 0 aliphatic rings. The molecular formula is C30H47ClN2O5. The summed E-state index contributed by atoms with van der Waals surface area (Å²) >= 11 is 0. The lowest BCUT2D eigenvalue weighted by Gasteiger charge is -2.29. The zero-order valence-corrected chi connectivity index (χ0v) is 24.6. The fraction of sp³-hybridized carbons (Fsp3) is 0.567. The Hall–Kier alpha value is -2.32. The smallest absolute Gasteiger partial charge is 0.230 e. The van der Waals surface area contributed by atoms with Crippen LogP contribution in [0.1, 0.15) is 51.7 Å². The zero-order valence-electron chi connectivity index (χ0n) is 23.7. The number of hydrogen-bond acceptors (Lipinski definition) is 6. The topological polar surface area (TPSA) is 103 Å². The lowest BCUT2D eigenvalue weighted by atomic mass is 9.82. The maximum absolute atomic E-state index is 12.9. The molecule has 2 aromatic rings. The molecule has 2 aromatic carbocycles. The zero-order chi connectivity index (χ0) is 27.4. The Morgan fingerprint density at radius 2 is 1.74 bits per heavy atom. The largest absolute Gasteiger partial charge is 0.493 e. The number of nitrogens with two attached hydrogens (primary N) is 1. The van der Waals surface area contributed by atoms with Gasteiger partial charge in [0.15, 0.2) is 11.5 Å². The van der Waals surface area contributed by atoms with Crippen molar-refractivity contribution in [2.45, 2.75) is 64.5 Å². The van der Waals surface area contributed by atoms with Gasteiger partial charge >= 0.3 is 0 Å². The molecule has 0 bridgehead atoms. The van der Waals surface area contributed by atoms with E-state index < -0.39 is 17.6 Å². The van der Waals surface area contributed by atoms with E-state index in [0.717, 1.165) is 24.0 Å². The number of methoxy groups -OCH3 is 2. The number of rotatable bonds is 16. The normalized spacial score (nSPS) is 13.8. The Kier molecular flexibility index (Phi) is 14.7. The van der Waals surface area contributed by atoms with Crippen LogP contribution in [0, 0.1) is 11.8 Å².